The molecule has 0 fully saturated rings. The maximum atomic E-state index is 13.4. The van der Waals surface area contributed by atoms with E-state index >= 15 is 0 Å². The van der Waals surface area contributed by atoms with Gasteiger partial charge in [-0.15, -0.1) is 0 Å². The number of hydrogen-bond acceptors (Lipinski definition) is 4. The molecule has 7 heteroatoms. The number of benzene rings is 2. The number of carbonyl (C=O) groups is 1. The van der Waals surface area contributed by atoms with E-state index in [2.05, 4.69) is 10.4 Å². The second-order valence-electron chi connectivity index (χ2n) is 6.21. The lowest BCUT2D eigenvalue weighted by atomic mass is 10.1. The van der Waals surface area contributed by atoms with Gasteiger partial charge in [-0.3, -0.25) is 9.48 Å². The second-order valence-corrected chi connectivity index (χ2v) is 6.21. The van der Waals surface area contributed by atoms with Crippen molar-refractivity contribution in [1.29, 1.82) is 0 Å². The molecule has 1 aromatic heterocycles. The van der Waals surface area contributed by atoms with E-state index < -0.39 is 6.67 Å². The number of alkyl halides is 1. The molecule has 1 amide bonds. The van der Waals surface area contributed by atoms with E-state index in [-0.39, 0.29) is 12.5 Å². The highest BCUT2D eigenvalue weighted by Gasteiger charge is 2.28. The van der Waals surface area contributed by atoms with E-state index in [0.29, 0.717) is 17.9 Å². The lowest BCUT2D eigenvalue weighted by Crippen LogP contribution is -2.30. The molecule has 6 nitrogen and oxygen atoms in total. The molecule has 0 spiro atoms. The van der Waals surface area contributed by atoms with Crippen LogP contribution in [0, 0.1) is 0 Å². The molecule has 0 radical (unpaired) electrons. The highest BCUT2D eigenvalue weighted by atomic mass is 19.1. The first-order valence-corrected chi connectivity index (χ1v) is 8.65. The number of carbonyl (C=O) groups excluding carboxylic acids is 1. The molecule has 27 heavy (non-hydrogen) atoms. The van der Waals surface area contributed by atoms with Crippen LogP contribution in [0.15, 0.2) is 54.7 Å². The number of aromatic nitrogens is 2. The van der Waals surface area contributed by atoms with Crippen LogP contribution in [0.1, 0.15) is 15.9 Å². The third-order valence-electron chi connectivity index (χ3n) is 4.49. The van der Waals surface area contributed by atoms with Crippen LogP contribution in [-0.2, 0) is 13.6 Å². The zero-order valence-electron chi connectivity index (χ0n) is 14.9. The maximum absolute atomic E-state index is 13.4. The standard InChI is InChI=1S/C20H19FN4O2/c1-24-19-14(12-22-24)13-25(17-8-4-3-7-16(17)23-19)20(26)15-6-2-5-9-18(15)27-11-10-21/h2-9,12,23H,10-11,13H2,1H3. The van der Waals surface area contributed by atoms with Crippen molar-refractivity contribution >= 4 is 23.1 Å². The third kappa shape index (κ3) is 3.12. The molecule has 4 rings (SSSR count). The van der Waals surface area contributed by atoms with Gasteiger partial charge in [-0.05, 0) is 24.3 Å². The van der Waals surface area contributed by atoms with Gasteiger partial charge in [-0.25, -0.2) is 4.39 Å². The minimum Gasteiger partial charge on any atom is -0.490 e. The van der Waals surface area contributed by atoms with Crippen LogP contribution in [0.25, 0.3) is 0 Å². The first-order chi connectivity index (χ1) is 13.2. The number of nitrogens with zero attached hydrogens (tertiary/aromatic N) is 3. The smallest absolute Gasteiger partial charge is 0.262 e. The lowest BCUT2D eigenvalue weighted by molar-refractivity contribution is 0.0981. The van der Waals surface area contributed by atoms with Crippen molar-refractivity contribution < 1.29 is 13.9 Å². The number of anilines is 3. The zero-order valence-corrected chi connectivity index (χ0v) is 14.9. The molecule has 0 saturated heterocycles. The Morgan fingerprint density at radius 2 is 2.00 bits per heavy atom. The number of rotatable bonds is 4. The Labute approximate surface area is 156 Å². The van der Waals surface area contributed by atoms with Gasteiger partial charge in [0, 0.05) is 12.6 Å². The molecular formula is C20H19FN4O2. The number of ether oxygens (including phenoxy) is 1. The van der Waals surface area contributed by atoms with Gasteiger partial charge in [-0.1, -0.05) is 24.3 Å². The van der Waals surface area contributed by atoms with Crippen molar-refractivity contribution in [3.63, 3.8) is 0 Å². The topological polar surface area (TPSA) is 59.4 Å². The van der Waals surface area contributed by atoms with Gasteiger partial charge >= 0.3 is 0 Å². The summed E-state index contributed by atoms with van der Waals surface area (Å²) in [5.41, 5.74) is 2.88. The summed E-state index contributed by atoms with van der Waals surface area (Å²) in [6.07, 6.45) is 1.75. The fourth-order valence-electron chi connectivity index (χ4n) is 3.20. The molecule has 2 heterocycles. The highest BCUT2D eigenvalue weighted by Crippen LogP contribution is 2.36. The SMILES string of the molecule is Cn1ncc2c1Nc1ccccc1N(C(=O)c1ccccc1OCCF)C2. The summed E-state index contributed by atoms with van der Waals surface area (Å²) in [5.74, 6) is 1.01. The van der Waals surface area contributed by atoms with Crippen LogP contribution in [0.5, 0.6) is 5.75 Å². The quantitative estimate of drug-likeness (QED) is 0.765. The predicted molar refractivity (Wildman–Crippen MR) is 101 cm³/mol. The maximum Gasteiger partial charge on any atom is 0.262 e. The first kappa shape index (κ1) is 17.1. The molecule has 1 N–H and O–H groups in total. The van der Waals surface area contributed by atoms with Gasteiger partial charge in [0.2, 0.25) is 0 Å². The minimum absolute atomic E-state index is 0.0881. The van der Waals surface area contributed by atoms with Gasteiger partial charge in [-0.2, -0.15) is 5.10 Å². The molecule has 0 saturated carbocycles. The lowest BCUT2D eigenvalue weighted by Gasteiger charge is -2.23. The molecule has 1 aliphatic heterocycles. The summed E-state index contributed by atoms with van der Waals surface area (Å²) < 4.78 is 19.7. The van der Waals surface area contributed by atoms with Crippen LogP contribution in [0.2, 0.25) is 0 Å². The number of nitrogens with one attached hydrogen (secondary N) is 1. The van der Waals surface area contributed by atoms with E-state index in [1.165, 1.54) is 0 Å². The normalized spacial score (nSPS) is 12.6. The Kier molecular flexibility index (Phi) is 4.50. The van der Waals surface area contributed by atoms with Crippen molar-refractivity contribution in [3.05, 3.63) is 65.9 Å². The number of amides is 1. The van der Waals surface area contributed by atoms with Gasteiger partial charge in [0.1, 0.15) is 24.8 Å². The van der Waals surface area contributed by atoms with E-state index in [0.717, 1.165) is 22.8 Å². The molecule has 1 aliphatic rings. The Hall–Kier alpha value is -3.35. The Balaban J connectivity index is 1.78. The highest BCUT2D eigenvalue weighted by molar-refractivity contribution is 6.10. The average Bonchev–Trinajstić information content (AvgIpc) is 2.95. The Morgan fingerprint density at radius 3 is 2.85 bits per heavy atom. The molecule has 0 aliphatic carbocycles. The Bertz CT molecular complexity index is 986. The number of halogens is 1. The largest absolute Gasteiger partial charge is 0.490 e. The fraction of sp³-hybridized carbons (Fsp3) is 0.200. The molecule has 3 aromatic rings. The molecular weight excluding hydrogens is 347 g/mol. The molecule has 0 unspecified atom stereocenters. The fourth-order valence-corrected chi connectivity index (χ4v) is 3.20. The Morgan fingerprint density at radius 1 is 1.22 bits per heavy atom. The van der Waals surface area contributed by atoms with Crippen LogP contribution in [0.3, 0.4) is 0 Å². The number of hydrogen-bond donors (Lipinski definition) is 1. The molecule has 0 bridgehead atoms. The number of fused-ring (bicyclic) bond motifs is 2. The van der Waals surface area contributed by atoms with Crippen LogP contribution in [-0.4, -0.2) is 29.0 Å². The summed E-state index contributed by atoms with van der Waals surface area (Å²) in [7, 11) is 1.85. The summed E-state index contributed by atoms with van der Waals surface area (Å²) in [6, 6.07) is 14.5. The van der Waals surface area contributed by atoms with Crippen molar-refractivity contribution in [2.75, 3.05) is 23.5 Å². The molecule has 138 valence electrons. The predicted octanol–water partition coefficient (Wildman–Crippen LogP) is 3.67. The van der Waals surface area contributed by atoms with Crippen molar-refractivity contribution in [2.24, 2.45) is 7.05 Å². The summed E-state index contributed by atoms with van der Waals surface area (Å²) in [5, 5.41) is 7.65. The van der Waals surface area contributed by atoms with E-state index in [1.807, 2.05) is 31.3 Å². The summed E-state index contributed by atoms with van der Waals surface area (Å²) in [4.78, 5) is 15.1. The third-order valence-corrected chi connectivity index (χ3v) is 4.49. The van der Waals surface area contributed by atoms with Gasteiger partial charge in [0.15, 0.2) is 0 Å². The first-order valence-electron chi connectivity index (χ1n) is 8.65. The van der Waals surface area contributed by atoms with Gasteiger partial charge < -0.3 is 15.0 Å². The van der Waals surface area contributed by atoms with Crippen LogP contribution < -0.4 is 15.0 Å². The second kappa shape index (κ2) is 7.11. The minimum atomic E-state index is -0.613. The summed E-state index contributed by atoms with van der Waals surface area (Å²) in [6.45, 7) is -0.337. The van der Waals surface area contributed by atoms with E-state index in [1.54, 1.807) is 40.0 Å². The monoisotopic (exact) mass is 366 g/mol. The number of aryl methyl sites for hydroxylation is 1. The van der Waals surface area contributed by atoms with Gasteiger partial charge in [0.25, 0.3) is 5.91 Å². The van der Waals surface area contributed by atoms with Gasteiger partial charge in [0.05, 0.1) is 29.7 Å². The molecule has 0 atom stereocenters. The van der Waals surface area contributed by atoms with Crippen molar-refractivity contribution in [3.8, 4) is 5.75 Å². The van der Waals surface area contributed by atoms with Crippen molar-refractivity contribution in [2.45, 2.75) is 6.54 Å². The average molecular weight is 366 g/mol. The van der Waals surface area contributed by atoms with Crippen LogP contribution in [0.4, 0.5) is 21.6 Å². The van der Waals surface area contributed by atoms with Crippen LogP contribution >= 0.6 is 0 Å². The van der Waals surface area contributed by atoms with E-state index in [9.17, 15) is 9.18 Å². The van der Waals surface area contributed by atoms with Crippen molar-refractivity contribution in [1.82, 2.24) is 9.78 Å². The zero-order chi connectivity index (χ0) is 18.8. The summed E-state index contributed by atoms with van der Waals surface area (Å²) >= 11 is 0. The molecule has 2 aromatic carbocycles. The van der Waals surface area contributed by atoms with E-state index in [4.69, 9.17) is 4.74 Å². The number of para-hydroxylation sites is 3.